The molecular formula is C26H34N5O3. The van der Waals surface area contributed by atoms with Gasteiger partial charge in [0.2, 0.25) is 0 Å². The molecule has 34 heavy (non-hydrogen) atoms. The summed E-state index contributed by atoms with van der Waals surface area (Å²) in [5.74, 6) is 0.262. The summed E-state index contributed by atoms with van der Waals surface area (Å²) in [7, 11) is 0. The lowest BCUT2D eigenvalue weighted by atomic mass is 9.98. The lowest BCUT2D eigenvalue weighted by molar-refractivity contribution is 0.126. The maximum atomic E-state index is 10.5. The standard InChI is InChI=1S/C26H34N5O3/c1-4-5-10-29-11-13-30(14-12-29)17-19-6-8-20(9-7-19)31-25(27-28-26(31)34)22-15-21(18(2)3)23(32)16-24(22)33/h6-9,15-16,18,32-33H,1,4-5,10-14,17H2,2-3H3,(H,28,34). The van der Waals surface area contributed by atoms with Gasteiger partial charge in [0.1, 0.15) is 11.5 Å². The fourth-order valence-electron chi connectivity index (χ4n) is 4.44. The van der Waals surface area contributed by atoms with Crippen molar-refractivity contribution in [2.24, 2.45) is 0 Å². The molecule has 3 aromatic rings. The van der Waals surface area contributed by atoms with E-state index in [9.17, 15) is 15.3 Å². The number of aromatic nitrogens is 3. The number of hydrogen-bond acceptors (Lipinski definition) is 7. The largest absolute Gasteiger partial charge is 0.508 e. The Balaban J connectivity index is 1.52. The minimum absolute atomic E-state index is 0.0269. The number of piperazine rings is 1. The van der Waals surface area contributed by atoms with Crippen molar-refractivity contribution < 1.29 is 15.3 Å². The number of hydrogen-bond donors (Lipinski definition) is 3. The lowest BCUT2D eigenvalue weighted by Crippen LogP contribution is -2.46. The molecule has 0 aliphatic carbocycles. The summed E-state index contributed by atoms with van der Waals surface area (Å²) >= 11 is 0. The molecule has 1 aromatic heterocycles. The highest BCUT2D eigenvalue weighted by Crippen LogP contribution is 2.38. The summed E-state index contributed by atoms with van der Waals surface area (Å²) in [6.45, 7) is 14.1. The summed E-state index contributed by atoms with van der Waals surface area (Å²) in [6, 6.07) is 10.7. The van der Waals surface area contributed by atoms with E-state index in [1.165, 1.54) is 16.2 Å². The van der Waals surface area contributed by atoms with E-state index in [4.69, 9.17) is 0 Å². The molecule has 0 atom stereocenters. The quantitative estimate of drug-likeness (QED) is 0.465. The van der Waals surface area contributed by atoms with Crippen molar-refractivity contribution in [1.82, 2.24) is 24.6 Å². The van der Waals surface area contributed by atoms with E-state index in [2.05, 4.69) is 26.9 Å². The SMILES string of the molecule is [CH2]CCCN1CCN(Cc2ccc(-n3c(O)nnc3-c3cc(C(C)C)c(O)cc3O)cc2)CC1. The first kappa shape index (κ1) is 24.0. The Morgan fingerprint density at radius 1 is 0.912 bits per heavy atom. The molecule has 1 fully saturated rings. The molecule has 2 aromatic carbocycles. The molecule has 4 rings (SSSR count). The Hall–Kier alpha value is -3.10. The van der Waals surface area contributed by atoms with Crippen LogP contribution in [0.3, 0.4) is 0 Å². The maximum Gasteiger partial charge on any atom is 0.319 e. The average Bonchev–Trinajstić information content (AvgIpc) is 3.20. The summed E-state index contributed by atoms with van der Waals surface area (Å²) in [5, 5.41) is 39.0. The molecule has 3 N–H and O–H groups in total. The Bertz CT molecular complexity index is 1100. The minimum Gasteiger partial charge on any atom is -0.508 e. The highest BCUT2D eigenvalue weighted by atomic mass is 16.3. The Morgan fingerprint density at radius 2 is 1.59 bits per heavy atom. The number of unbranched alkanes of at least 4 members (excludes halogenated alkanes) is 1. The third-order valence-corrected chi connectivity index (χ3v) is 6.44. The topological polar surface area (TPSA) is 97.9 Å². The van der Waals surface area contributed by atoms with Crippen LogP contribution in [0.1, 0.15) is 43.7 Å². The van der Waals surface area contributed by atoms with Gasteiger partial charge in [0, 0.05) is 38.8 Å². The van der Waals surface area contributed by atoms with Gasteiger partial charge >= 0.3 is 6.01 Å². The highest BCUT2D eigenvalue weighted by Gasteiger charge is 2.21. The van der Waals surface area contributed by atoms with Crippen molar-refractivity contribution in [3.05, 3.63) is 54.4 Å². The third kappa shape index (κ3) is 5.18. The predicted octanol–water partition coefficient (Wildman–Crippen LogP) is 3.91. The Kier molecular flexibility index (Phi) is 7.38. The summed E-state index contributed by atoms with van der Waals surface area (Å²) in [6.07, 6.45) is 2.14. The van der Waals surface area contributed by atoms with Crippen molar-refractivity contribution in [3.8, 4) is 34.6 Å². The van der Waals surface area contributed by atoms with Gasteiger partial charge in [-0.05, 0) is 48.2 Å². The number of phenols is 2. The third-order valence-electron chi connectivity index (χ3n) is 6.44. The van der Waals surface area contributed by atoms with E-state index in [0.29, 0.717) is 22.6 Å². The lowest BCUT2D eigenvalue weighted by Gasteiger charge is -2.34. The van der Waals surface area contributed by atoms with Crippen molar-refractivity contribution in [2.75, 3.05) is 32.7 Å². The van der Waals surface area contributed by atoms with Gasteiger partial charge in [-0.3, -0.25) is 4.90 Å². The number of rotatable bonds is 8. The molecule has 0 unspecified atom stereocenters. The van der Waals surface area contributed by atoms with Gasteiger partial charge in [0.05, 0.1) is 11.3 Å². The monoisotopic (exact) mass is 464 g/mol. The van der Waals surface area contributed by atoms with E-state index in [1.807, 2.05) is 38.1 Å². The number of benzene rings is 2. The van der Waals surface area contributed by atoms with Crippen LogP contribution in [-0.2, 0) is 6.54 Å². The Labute approximate surface area is 201 Å². The van der Waals surface area contributed by atoms with Crippen LogP contribution in [0.15, 0.2) is 36.4 Å². The van der Waals surface area contributed by atoms with E-state index >= 15 is 0 Å². The second-order valence-electron chi connectivity index (χ2n) is 9.23. The zero-order valence-corrected chi connectivity index (χ0v) is 20.0. The molecule has 1 aliphatic heterocycles. The van der Waals surface area contributed by atoms with E-state index in [1.54, 1.807) is 6.07 Å². The van der Waals surface area contributed by atoms with Gasteiger partial charge in [-0.1, -0.05) is 44.4 Å². The van der Waals surface area contributed by atoms with Crippen molar-refractivity contribution in [1.29, 1.82) is 0 Å². The molecule has 1 radical (unpaired) electrons. The first-order valence-corrected chi connectivity index (χ1v) is 11.9. The molecule has 0 amide bonds. The molecule has 8 heteroatoms. The van der Waals surface area contributed by atoms with Crippen molar-refractivity contribution >= 4 is 0 Å². The smallest absolute Gasteiger partial charge is 0.319 e. The van der Waals surface area contributed by atoms with Gasteiger partial charge in [-0.25, -0.2) is 4.57 Å². The van der Waals surface area contributed by atoms with Crippen molar-refractivity contribution in [3.63, 3.8) is 0 Å². The van der Waals surface area contributed by atoms with E-state index in [0.717, 1.165) is 52.1 Å². The van der Waals surface area contributed by atoms with Gasteiger partial charge in [0.15, 0.2) is 5.82 Å². The van der Waals surface area contributed by atoms with Crippen LogP contribution in [0.4, 0.5) is 0 Å². The van der Waals surface area contributed by atoms with Crippen LogP contribution in [0.5, 0.6) is 17.5 Å². The molecule has 1 saturated heterocycles. The molecule has 8 nitrogen and oxygen atoms in total. The number of nitrogens with zero attached hydrogens (tertiary/aromatic N) is 5. The van der Waals surface area contributed by atoms with E-state index in [-0.39, 0.29) is 23.4 Å². The predicted molar refractivity (Wildman–Crippen MR) is 132 cm³/mol. The minimum atomic E-state index is -0.264. The molecular weight excluding hydrogens is 430 g/mol. The van der Waals surface area contributed by atoms with Gasteiger partial charge in [-0.15, -0.1) is 5.10 Å². The summed E-state index contributed by atoms with van der Waals surface area (Å²) < 4.78 is 1.50. The van der Waals surface area contributed by atoms with Gasteiger partial charge in [0.25, 0.3) is 0 Å². The van der Waals surface area contributed by atoms with Crippen molar-refractivity contribution in [2.45, 2.75) is 39.2 Å². The first-order valence-electron chi connectivity index (χ1n) is 11.9. The second-order valence-corrected chi connectivity index (χ2v) is 9.23. The van der Waals surface area contributed by atoms with Crippen LogP contribution in [-0.4, -0.2) is 72.6 Å². The molecule has 0 bridgehead atoms. The van der Waals surface area contributed by atoms with Crippen LogP contribution in [0, 0.1) is 6.92 Å². The normalized spacial score (nSPS) is 15.3. The second kappa shape index (κ2) is 10.4. The molecule has 181 valence electrons. The fraction of sp³-hybridized carbons (Fsp3) is 0.423. The Morgan fingerprint density at radius 3 is 2.24 bits per heavy atom. The van der Waals surface area contributed by atoms with Crippen LogP contribution in [0.25, 0.3) is 17.1 Å². The molecule has 2 heterocycles. The maximum absolute atomic E-state index is 10.5. The van der Waals surface area contributed by atoms with Crippen LogP contribution >= 0.6 is 0 Å². The number of aromatic hydroxyl groups is 3. The van der Waals surface area contributed by atoms with Gasteiger partial charge in [-0.2, -0.15) is 0 Å². The highest BCUT2D eigenvalue weighted by molar-refractivity contribution is 5.69. The van der Waals surface area contributed by atoms with Crippen LogP contribution in [0.2, 0.25) is 0 Å². The zero-order valence-electron chi connectivity index (χ0n) is 20.0. The number of phenolic OH excluding ortho intramolecular Hbond substituents is 2. The summed E-state index contributed by atoms with van der Waals surface area (Å²) in [4.78, 5) is 4.96. The van der Waals surface area contributed by atoms with Crippen LogP contribution < -0.4 is 0 Å². The first-order chi connectivity index (χ1) is 16.4. The fourth-order valence-corrected chi connectivity index (χ4v) is 4.44. The summed E-state index contributed by atoms with van der Waals surface area (Å²) in [5.41, 5.74) is 2.97. The molecule has 1 aliphatic rings. The molecule has 0 spiro atoms. The van der Waals surface area contributed by atoms with Gasteiger partial charge < -0.3 is 20.2 Å². The average molecular weight is 465 g/mol. The van der Waals surface area contributed by atoms with E-state index < -0.39 is 0 Å². The molecule has 0 saturated carbocycles. The zero-order chi connectivity index (χ0) is 24.2.